The lowest BCUT2D eigenvalue weighted by molar-refractivity contribution is 0.411. The second-order valence-corrected chi connectivity index (χ2v) is 9.63. The van der Waals surface area contributed by atoms with Gasteiger partial charge in [0.2, 0.25) is 0 Å². The first kappa shape index (κ1) is 25.8. The van der Waals surface area contributed by atoms with Gasteiger partial charge in [-0.05, 0) is 40.1 Å². The summed E-state index contributed by atoms with van der Waals surface area (Å²) >= 11 is 0. The maximum absolute atomic E-state index is 14.9. The van der Waals surface area contributed by atoms with Crippen LogP contribution < -0.4 is 15.0 Å². The van der Waals surface area contributed by atoms with Gasteiger partial charge < -0.3 is 15.0 Å². The van der Waals surface area contributed by atoms with Crippen LogP contribution in [-0.4, -0.2) is 39.3 Å². The van der Waals surface area contributed by atoms with E-state index in [-0.39, 0.29) is 0 Å². The zero-order valence-electron chi connectivity index (χ0n) is 22.1. The third-order valence-corrected chi connectivity index (χ3v) is 6.20. The van der Waals surface area contributed by atoms with Gasteiger partial charge in [0.1, 0.15) is 17.4 Å². The molecule has 5 aromatic rings. The molecule has 39 heavy (non-hydrogen) atoms. The number of nitrogens with one attached hydrogen (secondary N) is 2. The lowest BCUT2D eigenvalue weighted by Gasteiger charge is -2.27. The number of methoxy groups -OCH3 is 1. The Morgan fingerprint density at radius 2 is 1.72 bits per heavy atom. The van der Waals surface area contributed by atoms with Crippen LogP contribution in [-0.2, 0) is 6.54 Å². The summed E-state index contributed by atoms with van der Waals surface area (Å²) in [5, 5.41) is 17.7. The molecular weight excluding hydrogens is 493 g/mol. The van der Waals surface area contributed by atoms with Gasteiger partial charge in [0.25, 0.3) is 0 Å². The smallest absolute Gasteiger partial charge is 0.180 e. The number of tetrazole rings is 1. The molecule has 0 bridgehead atoms. The Hall–Kier alpha value is -4.79. The summed E-state index contributed by atoms with van der Waals surface area (Å²) < 4.78 is 20.1. The third kappa shape index (κ3) is 6.20. The minimum Gasteiger partial charge on any atom is -0.497 e. The minimum atomic E-state index is -0.411. The number of hydrogen-bond acceptors (Lipinski definition) is 7. The molecular formula is C30H30FN7O. The highest BCUT2D eigenvalue weighted by Crippen LogP contribution is 2.34. The summed E-state index contributed by atoms with van der Waals surface area (Å²) in [5.41, 5.74) is 4.58. The Labute approximate surface area is 226 Å². The van der Waals surface area contributed by atoms with Crippen LogP contribution in [0, 0.1) is 11.7 Å². The van der Waals surface area contributed by atoms with E-state index in [4.69, 9.17) is 9.72 Å². The quantitative estimate of drug-likeness (QED) is 0.216. The summed E-state index contributed by atoms with van der Waals surface area (Å²) in [4.78, 5) is 7.35. The molecule has 0 spiro atoms. The number of rotatable bonds is 10. The second kappa shape index (κ2) is 11.7. The summed E-state index contributed by atoms with van der Waals surface area (Å²) in [6, 6.07) is 26.7. The summed E-state index contributed by atoms with van der Waals surface area (Å²) in [6.07, 6.45) is 0. The SMILES string of the molecule is COc1ccc(Nc2cc(-c3ccccc3-c3nnn[nH]3)nc(N(Cc3ccccc3)CC(C)C)c2)c(F)c1. The van der Waals surface area contributed by atoms with Crippen molar-refractivity contribution in [2.75, 3.05) is 23.9 Å². The number of benzene rings is 3. The van der Waals surface area contributed by atoms with Crippen LogP contribution in [0.4, 0.5) is 21.6 Å². The van der Waals surface area contributed by atoms with Crippen molar-refractivity contribution in [3.63, 3.8) is 0 Å². The highest BCUT2D eigenvalue weighted by Gasteiger charge is 2.18. The van der Waals surface area contributed by atoms with Gasteiger partial charge in [-0.1, -0.05) is 68.4 Å². The lowest BCUT2D eigenvalue weighted by atomic mass is 10.0. The van der Waals surface area contributed by atoms with Crippen molar-refractivity contribution >= 4 is 17.2 Å². The first-order valence-corrected chi connectivity index (χ1v) is 12.7. The van der Waals surface area contributed by atoms with E-state index in [9.17, 15) is 4.39 Å². The van der Waals surface area contributed by atoms with Gasteiger partial charge in [0.05, 0.1) is 18.5 Å². The maximum Gasteiger partial charge on any atom is 0.180 e. The molecule has 0 fully saturated rings. The van der Waals surface area contributed by atoms with Gasteiger partial charge in [0, 0.05) is 42.0 Å². The van der Waals surface area contributed by atoms with Crippen molar-refractivity contribution in [2.45, 2.75) is 20.4 Å². The maximum atomic E-state index is 14.9. The molecule has 0 unspecified atom stereocenters. The predicted octanol–water partition coefficient (Wildman–Crippen LogP) is 6.48. The number of aromatic amines is 1. The van der Waals surface area contributed by atoms with E-state index < -0.39 is 5.82 Å². The molecule has 0 saturated carbocycles. The van der Waals surface area contributed by atoms with Crippen LogP contribution in [0.25, 0.3) is 22.6 Å². The fourth-order valence-corrected chi connectivity index (χ4v) is 4.44. The average Bonchev–Trinajstić information content (AvgIpc) is 3.49. The zero-order chi connectivity index (χ0) is 27.2. The van der Waals surface area contributed by atoms with Gasteiger partial charge in [-0.3, -0.25) is 0 Å². The number of H-pyrrole nitrogens is 1. The largest absolute Gasteiger partial charge is 0.497 e. The van der Waals surface area contributed by atoms with Crippen molar-refractivity contribution in [3.8, 4) is 28.4 Å². The molecule has 0 saturated heterocycles. The molecule has 2 N–H and O–H groups in total. The monoisotopic (exact) mass is 523 g/mol. The molecule has 198 valence electrons. The molecule has 2 aromatic heterocycles. The first-order valence-electron chi connectivity index (χ1n) is 12.7. The van der Waals surface area contributed by atoms with Gasteiger partial charge in [-0.15, -0.1) is 5.10 Å². The number of nitrogens with zero attached hydrogens (tertiary/aromatic N) is 5. The Kier molecular flexibility index (Phi) is 7.77. The lowest BCUT2D eigenvalue weighted by Crippen LogP contribution is -2.28. The molecule has 8 nitrogen and oxygen atoms in total. The van der Waals surface area contributed by atoms with Crippen molar-refractivity contribution in [1.82, 2.24) is 25.6 Å². The zero-order valence-corrected chi connectivity index (χ0v) is 22.1. The predicted molar refractivity (Wildman–Crippen MR) is 151 cm³/mol. The molecule has 0 radical (unpaired) electrons. The molecule has 0 aliphatic heterocycles. The van der Waals surface area contributed by atoms with E-state index in [2.05, 4.69) is 56.8 Å². The summed E-state index contributed by atoms with van der Waals surface area (Å²) in [6.45, 7) is 5.83. The van der Waals surface area contributed by atoms with Gasteiger partial charge in [-0.25, -0.2) is 14.5 Å². The highest BCUT2D eigenvalue weighted by atomic mass is 19.1. The van der Waals surface area contributed by atoms with Crippen LogP contribution in [0.1, 0.15) is 19.4 Å². The van der Waals surface area contributed by atoms with Crippen LogP contribution in [0.5, 0.6) is 5.75 Å². The third-order valence-electron chi connectivity index (χ3n) is 6.20. The molecule has 2 heterocycles. The first-order chi connectivity index (χ1) is 19.0. The molecule has 0 atom stereocenters. The van der Waals surface area contributed by atoms with Crippen molar-refractivity contribution in [1.29, 1.82) is 0 Å². The number of aromatic nitrogens is 5. The number of ether oxygens (including phenoxy) is 1. The van der Waals surface area contributed by atoms with E-state index in [0.29, 0.717) is 41.1 Å². The fraction of sp³-hybridized carbons (Fsp3) is 0.200. The van der Waals surface area contributed by atoms with Crippen molar-refractivity contribution < 1.29 is 9.13 Å². The normalized spacial score (nSPS) is 11.0. The topological polar surface area (TPSA) is 91.8 Å². The molecule has 3 aromatic carbocycles. The number of halogens is 1. The van der Waals surface area contributed by atoms with Gasteiger partial charge >= 0.3 is 0 Å². The average molecular weight is 524 g/mol. The number of hydrogen-bond donors (Lipinski definition) is 2. The second-order valence-electron chi connectivity index (χ2n) is 9.63. The fourth-order valence-electron chi connectivity index (χ4n) is 4.44. The molecule has 9 heteroatoms. The van der Waals surface area contributed by atoms with Crippen LogP contribution in [0.15, 0.2) is 84.9 Å². The summed E-state index contributed by atoms with van der Waals surface area (Å²) in [7, 11) is 1.51. The Balaban J connectivity index is 1.62. The Morgan fingerprint density at radius 1 is 0.949 bits per heavy atom. The van der Waals surface area contributed by atoms with Crippen LogP contribution >= 0.6 is 0 Å². The Bertz CT molecular complexity index is 1520. The Morgan fingerprint density at radius 3 is 2.41 bits per heavy atom. The van der Waals surface area contributed by atoms with Gasteiger partial charge in [0.15, 0.2) is 5.82 Å². The van der Waals surface area contributed by atoms with Crippen molar-refractivity contribution in [2.24, 2.45) is 5.92 Å². The minimum absolute atomic E-state index is 0.338. The van der Waals surface area contributed by atoms with Gasteiger partial charge in [-0.2, -0.15) is 0 Å². The number of anilines is 3. The van der Waals surface area contributed by atoms with E-state index in [1.165, 1.54) is 18.7 Å². The van der Waals surface area contributed by atoms with E-state index in [0.717, 1.165) is 23.5 Å². The standard InChI is InChI=1S/C30H30FN7O/c1-20(2)18-38(19-21-9-5-4-6-10-21)29-16-22(32-27-14-13-23(39-3)17-26(27)31)15-28(33-29)24-11-7-8-12-25(24)30-34-36-37-35-30/h4-17,20H,18-19H2,1-3H3,(H,32,33)(H,34,35,36,37). The summed E-state index contributed by atoms with van der Waals surface area (Å²) in [5.74, 6) is 1.74. The van der Waals surface area contributed by atoms with E-state index in [1.807, 2.05) is 54.6 Å². The molecule has 5 rings (SSSR count). The molecule has 0 aliphatic rings. The van der Waals surface area contributed by atoms with Crippen LogP contribution in [0.3, 0.4) is 0 Å². The molecule has 0 amide bonds. The van der Waals surface area contributed by atoms with Crippen LogP contribution in [0.2, 0.25) is 0 Å². The molecule has 0 aliphatic carbocycles. The van der Waals surface area contributed by atoms with E-state index >= 15 is 0 Å². The number of pyridine rings is 1. The van der Waals surface area contributed by atoms with E-state index in [1.54, 1.807) is 12.1 Å². The van der Waals surface area contributed by atoms with Crippen molar-refractivity contribution in [3.05, 3.63) is 96.3 Å². The highest BCUT2D eigenvalue weighted by molar-refractivity contribution is 5.81.